The number of nitrogens with one attached hydrogen (secondary N) is 2. The normalized spacial score (nSPS) is 20.8. The Balaban J connectivity index is 2.32. The number of hydrogen-bond acceptors (Lipinski definition) is 4. The molecule has 1 aliphatic heterocycles. The summed E-state index contributed by atoms with van der Waals surface area (Å²) in [6.07, 6.45) is 0.289. The second kappa shape index (κ2) is 4.63. The van der Waals surface area contributed by atoms with E-state index in [1.807, 2.05) is 0 Å². The van der Waals surface area contributed by atoms with Crippen LogP contribution in [-0.2, 0) is 4.79 Å². The molecule has 0 aromatic heterocycles. The largest absolute Gasteiger partial charge is 0.508 e. The molecule has 1 aromatic carbocycles. The maximum atomic E-state index is 11.4. The minimum atomic E-state index is -0.211. The lowest BCUT2D eigenvalue weighted by atomic mass is 10.00. The first-order chi connectivity index (χ1) is 8.08. The number of benzene rings is 1. The molecule has 92 valence electrons. The van der Waals surface area contributed by atoms with Gasteiger partial charge in [0.2, 0.25) is 5.91 Å². The third-order valence-electron chi connectivity index (χ3n) is 2.95. The summed E-state index contributed by atoms with van der Waals surface area (Å²) in [5, 5.41) is 25.2. The van der Waals surface area contributed by atoms with Crippen molar-refractivity contribution in [3.05, 3.63) is 23.3 Å². The van der Waals surface area contributed by atoms with Crippen molar-refractivity contribution >= 4 is 5.91 Å². The number of hydrogen-bond donors (Lipinski definition) is 4. The number of phenols is 2. The fraction of sp³-hybridized carbons (Fsp3) is 0.417. The van der Waals surface area contributed by atoms with E-state index in [2.05, 4.69) is 10.6 Å². The number of rotatable bonds is 1. The van der Waals surface area contributed by atoms with Crippen LogP contribution in [0.1, 0.15) is 23.6 Å². The van der Waals surface area contributed by atoms with Crippen LogP contribution in [0.3, 0.4) is 0 Å². The van der Waals surface area contributed by atoms with E-state index in [9.17, 15) is 15.0 Å². The SMILES string of the molecule is Cc1cc(C2CC(=O)NCCN2)c(O)cc1O. The van der Waals surface area contributed by atoms with Gasteiger partial charge in [0.25, 0.3) is 0 Å². The Kier molecular flexibility index (Phi) is 3.19. The zero-order chi connectivity index (χ0) is 12.4. The summed E-state index contributed by atoms with van der Waals surface area (Å²) in [6, 6.07) is 2.81. The van der Waals surface area contributed by atoms with Gasteiger partial charge in [-0.3, -0.25) is 4.79 Å². The topological polar surface area (TPSA) is 81.6 Å². The number of amides is 1. The Morgan fingerprint density at radius 1 is 1.24 bits per heavy atom. The van der Waals surface area contributed by atoms with Crippen LogP contribution in [0.5, 0.6) is 11.5 Å². The summed E-state index contributed by atoms with van der Waals surface area (Å²) in [7, 11) is 0. The van der Waals surface area contributed by atoms with Crippen LogP contribution in [0.15, 0.2) is 12.1 Å². The lowest BCUT2D eigenvalue weighted by Gasteiger charge is -2.17. The minimum absolute atomic E-state index is 0.0142. The summed E-state index contributed by atoms with van der Waals surface area (Å²) in [6.45, 7) is 3.01. The fourth-order valence-corrected chi connectivity index (χ4v) is 1.98. The molecular formula is C12H16N2O3. The summed E-state index contributed by atoms with van der Waals surface area (Å²) in [5.41, 5.74) is 1.33. The Morgan fingerprint density at radius 2 is 2.00 bits per heavy atom. The number of carbonyl (C=O) groups excluding carboxylic acids is 1. The van der Waals surface area contributed by atoms with Crippen LogP contribution >= 0.6 is 0 Å². The number of aryl methyl sites for hydroxylation is 1. The molecule has 0 aliphatic carbocycles. The van der Waals surface area contributed by atoms with Crippen LogP contribution < -0.4 is 10.6 Å². The smallest absolute Gasteiger partial charge is 0.221 e. The molecule has 1 aromatic rings. The van der Waals surface area contributed by atoms with Gasteiger partial charge in [-0.25, -0.2) is 0 Å². The molecule has 5 heteroatoms. The van der Waals surface area contributed by atoms with E-state index >= 15 is 0 Å². The van der Waals surface area contributed by atoms with Crippen LogP contribution in [-0.4, -0.2) is 29.2 Å². The molecule has 5 nitrogen and oxygen atoms in total. The number of carbonyl (C=O) groups is 1. The van der Waals surface area contributed by atoms with E-state index in [1.54, 1.807) is 13.0 Å². The Hall–Kier alpha value is -1.75. The van der Waals surface area contributed by atoms with Crippen molar-refractivity contribution < 1.29 is 15.0 Å². The summed E-state index contributed by atoms with van der Waals surface area (Å²) in [5.74, 6) is 0.0368. The molecule has 1 heterocycles. The van der Waals surface area contributed by atoms with Gasteiger partial charge < -0.3 is 20.8 Å². The van der Waals surface area contributed by atoms with E-state index < -0.39 is 0 Å². The highest BCUT2D eigenvalue weighted by atomic mass is 16.3. The highest BCUT2D eigenvalue weighted by molar-refractivity contribution is 5.77. The molecule has 17 heavy (non-hydrogen) atoms. The first-order valence-corrected chi connectivity index (χ1v) is 5.60. The van der Waals surface area contributed by atoms with E-state index in [0.717, 1.165) is 0 Å². The predicted octanol–water partition coefficient (Wildman–Crippen LogP) is 0.557. The third-order valence-corrected chi connectivity index (χ3v) is 2.95. The lowest BCUT2D eigenvalue weighted by Crippen LogP contribution is -2.24. The molecule has 1 atom stereocenters. The maximum Gasteiger partial charge on any atom is 0.221 e. The molecule has 0 bridgehead atoms. The minimum Gasteiger partial charge on any atom is -0.508 e. The second-order valence-electron chi connectivity index (χ2n) is 4.26. The van der Waals surface area contributed by atoms with Crippen LogP contribution in [0, 0.1) is 6.92 Å². The van der Waals surface area contributed by atoms with Crippen LogP contribution in [0.25, 0.3) is 0 Å². The molecule has 2 rings (SSSR count). The zero-order valence-electron chi connectivity index (χ0n) is 9.66. The van der Waals surface area contributed by atoms with Crippen molar-refractivity contribution in [1.82, 2.24) is 10.6 Å². The van der Waals surface area contributed by atoms with Gasteiger partial charge in [0, 0.05) is 37.2 Å². The van der Waals surface area contributed by atoms with Crippen molar-refractivity contribution in [2.75, 3.05) is 13.1 Å². The monoisotopic (exact) mass is 236 g/mol. The standard InChI is InChI=1S/C12H16N2O3/c1-7-4-8(11(16)6-10(7)15)9-5-12(17)14-3-2-13-9/h4,6,9,13,15-16H,2-3,5H2,1H3,(H,14,17). The van der Waals surface area contributed by atoms with Gasteiger partial charge in [0.15, 0.2) is 0 Å². The maximum absolute atomic E-state index is 11.4. The van der Waals surface area contributed by atoms with Crippen molar-refractivity contribution in [2.24, 2.45) is 0 Å². The van der Waals surface area contributed by atoms with Crippen molar-refractivity contribution in [1.29, 1.82) is 0 Å². The molecule has 0 spiro atoms. The van der Waals surface area contributed by atoms with E-state index in [4.69, 9.17) is 0 Å². The molecule has 1 saturated heterocycles. The van der Waals surface area contributed by atoms with E-state index in [-0.39, 0.29) is 29.9 Å². The third kappa shape index (κ3) is 2.50. The average molecular weight is 236 g/mol. The van der Waals surface area contributed by atoms with Crippen LogP contribution in [0.2, 0.25) is 0 Å². The van der Waals surface area contributed by atoms with Gasteiger partial charge in [-0.05, 0) is 18.6 Å². The molecule has 1 amide bonds. The molecule has 4 N–H and O–H groups in total. The van der Waals surface area contributed by atoms with Crippen LogP contribution in [0.4, 0.5) is 0 Å². The van der Waals surface area contributed by atoms with Gasteiger partial charge in [0.1, 0.15) is 11.5 Å². The van der Waals surface area contributed by atoms with Crippen molar-refractivity contribution in [3.63, 3.8) is 0 Å². The molecule has 1 fully saturated rings. The van der Waals surface area contributed by atoms with Crippen molar-refractivity contribution in [3.8, 4) is 11.5 Å². The van der Waals surface area contributed by atoms with E-state index in [0.29, 0.717) is 24.2 Å². The Bertz CT molecular complexity index is 446. The number of phenolic OH excluding ortho intramolecular Hbond substituents is 2. The molecule has 1 aliphatic rings. The quantitative estimate of drug-likeness (QED) is 0.574. The molecule has 0 radical (unpaired) electrons. The molecular weight excluding hydrogens is 220 g/mol. The first-order valence-electron chi connectivity index (χ1n) is 5.60. The molecule has 0 saturated carbocycles. The predicted molar refractivity (Wildman–Crippen MR) is 62.9 cm³/mol. The lowest BCUT2D eigenvalue weighted by molar-refractivity contribution is -0.121. The van der Waals surface area contributed by atoms with Crippen molar-refractivity contribution in [2.45, 2.75) is 19.4 Å². The molecule has 1 unspecified atom stereocenters. The summed E-state index contributed by atoms with van der Waals surface area (Å²) >= 11 is 0. The summed E-state index contributed by atoms with van der Waals surface area (Å²) in [4.78, 5) is 11.4. The van der Waals surface area contributed by atoms with Gasteiger partial charge in [-0.1, -0.05) is 0 Å². The second-order valence-corrected chi connectivity index (χ2v) is 4.26. The van der Waals surface area contributed by atoms with E-state index in [1.165, 1.54) is 6.07 Å². The highest BCUT2D eigenvalue weighted by Crippen LogP contribution is 2.32. The fourth-order valence-electron chi connectivity index (χ4n) is 1.98. The average Bonchev–Trinajstić information content (AvgIpc) is 2.48. The first kappa shape index (κ1) is 11.7. The Morgan fingerprint density at radius 3 is 2.76 bits per heavy atom. The van der Waals surface area contributed by atoms with Gasteiger partial charge in [0.05, 0.1) is 0 Å². The summed E-state index contributed by atoms with van der Waals surface area (Å²) < 4.78 is 0. The zero-order valence-corrected chi connectivity index (χ0v) is 9.66. The highest BCUT2D eigenvalue weighted by Gasteiger charge is 2.21. The number of aromatic hydroxyl groups is 2. The van der Waals surface area contributed by atoms with Gasteiger partial charge in [-0.2, -0.15) is 0 Å². The Labute approximate surface area is 99.5 Å². The van der Waals surface area contributed by atoms with Gasteiger partial charge >= 0.3 is 0 Å². The van der Waals surface area contributed by atoms with Gasteiger partial charge in [-0.15, -0.1) is 0 Å².